The Balaban J connectivity index is 1.80. The molecule has 1 aliphatic rings. The maximum atomic E-state index is 12.1. The molecule has 23 heavy (non-hydrogen) atoms. The van der Waals surface area contributed by atoms with E-state index in [1.807, 2.05) is 47.9 Å². The smallest absolute Gasteiger partial charge is 0.233 e. The zero-order valence-corrected chi connectivity index (χ0v) is 13.9. The fourth-order valence-electron chi connectivity index (χ4n) is 2.23. The van der Waals surface area contributed by atoms with Gasteiger partial charge in [-0.2, -0.15) is 0 Å². The van der Waals surface area contributed by atoms with Crippen LogP contribution in [0.4, 0.5) is 0 Å². The number of carbonyl (C=O) groups is 1. The predicted octanol–water partition coefficient (Wildman–Crippen LogP) is 2.89. The van der Waals surface area contributed by atoms with Gasteiger partial charge in [-0.3, -0.25) is 9.36 Å². The standard InChI is InChI=1S/C17H20N4OS/c1-3-11-21-15(13-7-5-4-6-8-13)19-20-17(21)23-12(2)16(22)18-14-9-10-14/h3-8,12,14H,1,9-11H2,2H3,(H,18,22). The van der Waals surface area contributed by atoms with Crippen molar-refractivity contribution in [3.8, 4) is 11.4 Å². The van der Waals surface area contributed by atoms with Gasteiger partial charge in [0.15, 0.2) is 11.0 Å². The zero-order valence-electron chi connectivity index (χ0n) is 13.1. The number of nitrogens with one attached hydrogen (secondary N) is 1. The van der Waals surface area contributed by atoms with E-state index < -0.39 is 0 Å². The molecular formula is C17H20N4OS. The molecule has 1 aromatic heterocycles. The quantitative estimate of drug-likeness (QED) is 0.627. The molecule has 3 rings (SSSR count). The maximum absolute atomic E-state index is 12.1. The van der Waals surface area contributed by atoms with Gasteiger partial charge in [-0.1, -0.05) is 48.2 Å². The summed E-state index contributed by atoms with van der Waals surface area (Å²) in [6.45, 7) is 6.32. The lowest BCUT2D eigenvalue weighted by Gasteiger charge is -2.12. The third-order valence-corrected chi connectivity index (χ3v) is 4.72. The van der Waals surface area contributed by atoms with E-state index in [0.717, 1.165) is 29.4 Å². The second kappa shape index (κ2) is 7.00. The van der Waals surface area contributed by atoms with E-state index in [2.05, 4.69) is 22.1 Å². The van der Waals surface area contributed by atoms with Crippen LogP contribution in [0.2, 0.25) is 0 Å². The lowest BCUT2D eigenvalue weighted by atomic mass is 10.2. The van der Waals surface area contributed by atoms with E-state index in [-0.39, 0.29) is 11.2 Å². The van der Waals surface area contributed by atoms with Crippen LogP contribution in [0.15, 0.2) is 48.1 Å². The van der Waals surface area contributed by atoms with E-state index in [1.54, 1.807) is 0 Å². The number of hydrogen-bond acceptors (Lipinski definition) is 4. The molecule has 1 aliphatic carbocycles. The molecule has 1 fully saturated rings. The summed E-state index contributed by atoms with van der Waals surface area (Å²) in [5.74, 6) is 0.856. The average molecular weight is 328 g/mol. The van der Waals surface area contributed by atoms with E-state index in [0.29, 0.717) is 12.6 Å². The van der Waals surface area contributed by atoms with Gasteiger partial charge in [0.2, 0.25) is 5.91 Å². The largest absolute Gasteiger partial charge is 0.352 e. The SMILES string of the molecule is C=CCn1c(SC(C)C(=O)NC2CC2)nnc1-c1ccccc1. The summed E-state index contributed by atoms with van der Waals surface area (Å²) in [4.78, 5) is 12.1. The van der Waals surface area contributed by atoms with E-state index in [4.69, 9.17) is 0 Å². The average Bonchev–Trinajstić information content (AvgIpc) is 3.29. The Morgan fingerprint density at radius 2 is 2.17 bits per heavy atom. The van der Waals surface area contributed by atoms with Crippen LogP contribution in [0.1, 0.15) is 19.8 Å². The summed E-state index contributed by atoms with van der Waals surface area (Å²) in [6, 6.07) is 10.3. The number of benzene rings is 1. The lowest BCUT2D eigenvalue weighted by Crippen LogP contribution is -2.32. The van der Waals surface area contributed by atoms with E-state index >= 15 is 0 Å². The van der Waals surface area contributed by atoms with Gasteiger partial charge in [-0.25, -0.2) is 0 Å². The van der Waals surface area contributed by atoms with Crippen molar-refractivity contribution in [2.45, 2.75) is 42.8 Å². The molecule has 0 saturated heterocycles. The third-order valence-electron chi connectivity index (χ3n) is 3.64. The number of hydrogen-bond donors (Lipinski definition) is 1. The minimum atomic E-state index is -0.202. The summed E-state index contributed by atoms with van der Waals surface area (Å²) in [5, 5.41) is 12.1. The van der Waals surface area contributed by atoms with Crippen LogP contribution in [0.3, 0.4) is 0 Å². The van der Waals surface area contributed by atoms with Gasteiger partial charge < -0.3 is 5.32 Å². The number of thioether (sulfide) groups is 1. The predicted molar refractivity (Wildman–Crippen MR) is 92.1 cm³/mol. The Labute approximate surface area is 140 Å². The number of allylic oxidation sites excluding steroid dienone is 1. The van der Waals surface area contributed by atoms with Crippen molar-refractivity contribution in [2.75, 3.05) is 0 Å². The number of amides is 1. The molecule has 1 saturated carbocycles. The molecule has 1 atom stereocenters. The van der Waals surface area contributed by atoms with Crippen molar-refractivity contribution in [1.82, 2.24) is 20.1 Å². The number of rotatable bonds is 7. The van der Waals surface area contributed by atoms with Gasteiger partial charge in [-0.05, 0) is 19.8 Å². The molecule has 1 N–H and O–H groups in total. The van der Waals surface area contributed by atoms with Crippen LogP contribution in [-0.2, 0) is 11.3 Å². The molecule has 5 nitrogen and oxygen atoms in total. The van der Waals surface area contributed by atoms with Gasteiger partial charge in [-0.15, -0.1) is 16.8 Å². The van der Waals surface area contributed by atoms with Crippen LogP contribution in [0.25, 0.3) is 11.4 Å². The number of aromatic nitrogens is 3. The Morgan fingerprint density at radius 3 is 2.83 bits per heavy atom. The summed E-state index contributed by atoms with van der Waals surface area (Å²) < 4.78 is 1.99. The van der Waals surface area contributed by atoms with Crippen LogP contribution in [-0.4, -0.2) is 32.0 Å². The molecule has 1 amide bonds. The maximum Gasteiger partial charge on any atom is 0.233 e. The van der Waals surface area contributed by atoms with Crippen LogP contribution < -0.4 is 5.32 Å². The molecule has 0 bridgehead atoms. The molecule has 2 aromatic rings. The number of carbonyl (C=O) groups excluding carboxylic acids is 1. The van der Waals surface area contributed by atoms with Crippen molar-refractivity contribution < 1.29 is 4.79 Å². The first-order valence-corrected chi connectivity index (χ1v) is 8.63. The molecule has 1 aromatic carbocycles. The highest BCUT2D eigenvalue weighted by atomic mass is 32.2. The molecule has 0 radical (unpaired) electrons. The van der Waals surface area contributed by atoms with Gasteiger partial charge in [0.05, 0.1) is 5.25 Å². The highest BCUT2D eigenvalue weighted by molar-refractivity contribution is 8.00. The molecule has 1 unspecified atom stereocenters. The normalized spacial score (nSPS) is 15.2. The molecule has 0 spiro atoms. The molecular weight excluding hydrogens is 308 g/mol. The number of nitrogens with zero attached hydrogens (tertiary/aromatic N) is 3. The van der Waals surface area contributed by atoms with Gasteiger partial charge in [0.25, 0.3) is 0 Å². The van der Waals surface area contributed by atoms with Gasteiger partial charge >= 0.3 is 0 Å². The van der Waals surface area contributed by atoms with Crippen molar-refractivity contribution >= 4 is 17.7 Å². The molecule has 1 heterocycles. The lowest BCUT2D eigenvalue weighted by molar-refractivity contribution is -0.120. The summed E-state index contributed by atoms with van der Waals surface area (Å²) >= 11 is 1.43. The summed E-state index contributed by atoms with van der Waals surface area (Å²) in [6.07, 6.45) is 4.00. The zero-order chi connectivity index (χ0) is 16.2. The third kappa shape index (κ3) is 3.82. The minimum absolute atomic E-state index is 0.0620. The van der Waals surface area contributed by atoms with Crippen LogP contribution in [0, 0.1) is 0 Å². The Bertz CT molecular complexity index is 694. The first kappa shape index (κ1) is 15.8. The monoisotopic (exact) mass is 328 g/mol. The fourth-order valence-corrected chi connectivity index (χ4v) is 3.10. The second-order valence-electron chi connectivity index (χ2n) is 5.61. The van der Waals surface area contributed by atoms with Crippen molar-refractivity contribution in [3.63, 3.8) is 0 Å². The fraction of sp³-hybridized carbons (Fsp3) is 0.353. The topological polar surface area (TPSA) is 59.8 Å². The van der Waals surface area contributed by atoms with Gasteiger partial charge in [0, 0.05) is 18.2 Å². The Morgan fingerprint density at radius 1 is 1.43 bits per heavy atom. The summed E-state index contributed by atoms with van der Waals surface area (Å²) in [5.41, 5.74) is 1.00. The molecule has 120 valence electrons. The van der Waals surface area contributed by atoms with E-state index in [1.165, 1.54) is 11.8 Å². The van der Waals surface area contributed by atoms with Crippen molar-refractivity contribution in [1.29, 1.82) is 0 Å². The molecule has 0 aliphatic heterocycles. The highest BCUT2D eigenvalue weighted by Crippen LogP contribution is 2.27. The first-order valence-electron chi connectivity index (χ1n) is 7.75. The van der Waals surface area contributed by atoms with Crippen molar-refractivity contribution in [2.24, 2.45) is 0 Å². The first-order chi connectivity index (χ1) is 11.2. The van der Waals surface area contributed by atoms with Crippen LogP contribution in [0.5, 0.6) is 0 Å². The highest BCUT2D eigenvalue weighted by Gasteiger charge is 2.27. The van der Waals surface area contributed by atoms with Crippen molar-refractivity contribution in [3.05, 3.63) is 43.0 Å². The summed E-state index contributed by atoms with van der Waals surface area (Å²) in [7, 11) is 0. The minimum Gasteiger partial charge on any atom is -0.352 e. The van der Waals surface area contributed by atoms with Crippen LogP contribution >= 0.6 is 11.8 Å². The second-order valence-corrected chi connectivity index (χ2v) is 6.92. The van der Waals surface area contributed by atoms with Gasteiger partial charge in [0.1, 0.15) is 0 Å². The molecule has 6 heteroatoms. The Kier molecular flexibility index (Phi) is 4.81. The Hall–Kier alpha value is -2.08. The van der Waals surface area contributed by atoms with E-state index in [9.17, 15) is 4.79 Å².